The van der Waals surface area contributed by atoms with Gasteiger partial charge in [-0.1, -0.05) is 111 Å². The molecule has 0 radical (unpaired) electrons. The number of aliphatic hydroxyl groups is 2. The van der Waals surface area contributed by atoms with E-state index < -0.39 is 194 Å². The number of aliphatic hydroxyl groups excluding tert-OH is 2. The largest absolute Gasteiger partial charge is 0.394 e. The third kappa shape index (κ3) is 24.2. The fraction of sp³-hybridized carbons (Fsp3) is 0.661. The Balaban J connectivity index is 2.37. The fourth-order valence-electron chi connectivity index (χ4n) is 8.76. The maximum absolute atomic E-state index is 14.3. The molecule has 0 unspecified atom stereocenters. The van der Waals surface area contributed by atoms with E-state index in [2.05, 4.69) is 63.5 Å². The number of benzene rings is 1. The van der Waals surface area contributed by atoms with E-state index in [0.29, 0.717) is 12.8 Å². The number of nitrogens with zero attached hydrogens (tertiary/aromatic N) is 1. The summed E-state index contributed by atoms with van der Waals surface area (Å²) in [7, 11) is 0. The van der Waals surface area contributed by atoms with Gasteiger partial charge in [0.05, 0.1) is 19.3 Å². The standard InChI is InChI=1S/C56H94N16O14/c1-10-28(5)41-52(83)62-25-37(49(80)63-32(9)45(76)64-35(47(78)70-41)20-17-23-61-56(59)60)66-51(82)39(27-74)68-54(85)43(30(7)12-3)72-55(86)44(31(8)13-4)71-48(79)36(21-22-40(58)75)65-50(81)38(26-73)67-53(84)42(29(6)11-2)69-46(77)34(57)24-33-18-15-14-16-19-33/h14-16,18-19,28-32,34-39,41-44,73-74H,10-13,17,20-27,57H2,1-9H3,(H2,58,75)(H,62,83)(H,63,80)(H,64,76)(H,65,81)(H,66,82)(H,67,84)(H,68,85)(H,69,77)(H,70,78)(H,71,79)(H,72,86)(H4,59,60,61)/t28-,29-,30-,31-,32-,34+,35-,36+,37+,38-,39-,41-,42-,43-,44+/m0/s1. The first-order valence-corrected chi connectivity index (χ1v) is 29.2. The molecular weight excluding hydrogens is 1120 g/mol. The molecule has 0 aliphatic carbocycles. The first-order chi connectivity index (χ1) is 40.6. The van der Waals surface area contributed by atoms with Crippen molar-refractivity contribution in [1.82, 2.24) is 58.5 Å². The maximum Gasteiger partial charge on any atom is 0.245 e. The number of nitrogens with two attached hydrogens (primary N) is 4. The lowest BCUT2D eigenvalue weighted by Crippen LogP contribution is -2.63. The summed E-state index contributed by atoms with van der Waals surface area (Å²) in [5.41, 5.74) is 23.2. The number of aliphatic imine (C=N–C) groups is 1. The molecule has 1 aromatic carbocycles. The second kappa shape index (κ2) is 37.4. The summed E-state index contributed by atoms with van der Waals surface area (Å²) in [4.78, 5) is 168. The molecule has 0 saturated carbocycles. The van der Waals surface area contributed by atoms with E-state index in [1.165, 1.54) is 6.92 Å². The Kier molecular flexibility index (Phi) is 32.3. The summed E-state index contributed by atoms with van der Waals surface area (Å²) in [6.07, 6.45) is 0.931. The maximum atomic E-state index is 14.3. The molecule has 21 N–H and O–H groups in total. The third-order valence-electron chi connectivity index (χ3n) is 15.2. The van der Waals surface area contributed by atoms with E-state index in [1.54, 1.807) is 85.7 Å². The van der Waals surface area contributed by atoms with Crippen LogP contribution in [0.25, 0.3) is 0 Å². The molecule has 12 amide bonds. The number of guanidine groups is 1. The monoisotopic (exact) mass is 1210 g/mol. The zero-order chi connectivity index (χ0) is 65.0. The number of nitrogens with one attached hydrogen (secondary N) is 11. The quantitative estimate of drug-likeness (QED) is 0.0178. The van der Waals surface area contributed by atoms with Crippen LogP contribution in [0.2, 0.25) is 0 Å². The van der Waals surface area contributed by atoms with Crippen LogP contribution in [-0.2, 0) is 64.0 Å². The summed E-state index contributed by atoms with van der Waals surface area (Å²) in [5, 5.41) is 48.6. The van der Waals surface area contributed by atoms with Gasteiger partial charge in [-0.15, -0.1) is 0 Å². The number of carbonyl (C=O) groups excluding carboxylic acids is 12. The highest BCUT2D eigenvalue weighted by Crippen LogP contribution is 2.16. The second-order valence-corrected chi connectivity index (χ2v) is 21.9. The van der Waals surface area contributed by atoms with E-state index in [-0.39, 0.29) is 44.6 Å². The van der Waals surface area contributed by atoms with E-state index in [9.17, 15) is 67.7 Å². The van der Waals surface area contributed by atoms with Crippen LogP contribution in [-0.4, -0.2) is 180 Å². The Morgan fingerprint density at radius 3 is 1.59 bits per heavy atom. The summed E-state index contributed by atoms with van der Waals surface area (Å²) in [5.74, 6) is -13.1. The van der Waals surface area contributed by atoms with Crippen LogP contribution in [0.3, 0.4) is 0 Å². The van der Waals surface area contributed by atoms with E-state index in [1.807, 2.05) is 0 Å². The van der Waals surface area contributed by atoms with Gasteiger partial charge in [0.25, 0.3) is 0 Å². The molecule has 0 aromatic heterocycles. The van der Waals surface area contributed by atoms with E-state index in [0.717, 1.165) is 5.56 Å². The number of amides is 12. The number of rotatable bonds is 33. The molecule has 1 fully saturated rings. The number of carbonyl (C=O) groups is 12. The van der Waals surface area contributed by atoms with Crippen molar-refractivity contribution in [3.63, 3.8) is 0 Å². The molecule has 1 heterocycles. The van der Waals surface area contributed by atoms with Crippen LogP contribution in [0.4, 0.5) is 0 Å². The highest BCUT2D eigenvalue weighted by Gasteiger charge is 2.39. The Bertz CT molecular complexity index is 2500. The van der Waals surface area contributed by atoms with Crippen LogP contribution < -0.4 is 81.4 Å². The average Bonchev–Trinajstić information content (AvgIpc) is 3.03. The summed E-state index contributed by atoms with van der Waals surface area (Å²) in [6.45, 7) is 12.4. The zero-order valence-corrected chi connectivity index (χ0v) is 50.8. The van der Waals surface area contributed by atoms with E-state index >= 15 is 0 Å². The molecule has 86 heavy (non-hydrogen) atoms. The molecule has 0 spiro atoms. The molecule has 15 atom stereocenters. The van der Waals surface area contributed by atoms with Crippen molar-refractivity contribution in [3.05, 3.63) is 35.9 Å². The summed E-state index contributed by atoms with van der Waals surface area (Å²) in [6, 6.07) is -6.57. The van der Waals surface area contributed by atoms with Gasteiger partial charge >= 0.3 is 0 Å². The number of primary amides is 1. The van der Waals surface area contributed by atoms with Crippen LogP contribution in [0.5, 0.6) is 0 Å². The van der Waals surface area contributed by atoms with Crippen LogP contribution in [0.1, 0.15) is 119 Å². The van der Waals surface area contributed by atoms with Crippen molar-refractivity contribution in [3.8, 4) is 0 Å². The van der Waals surface area contributed by atoms with Crippen molar-refractivity contribution in [2.24, 2.45) is 51.6 Å². The molecule has 2 rings (SSSR count). The molecule has 1 aromatic rings. The minimum Gasteiger partial charge on any atom is -0.394 e. The Labute approximate surface area is 502 Å². The average molecular weight is 1220 g/mol. The third-order valence-corrected chi connectivity index (χ3v) is 15.2. The number of hydrogen-bond acceptors (Lipinski definition) is 16. The van der Waals surface area contributed by atoms with Crippen molar-refractivity contribution >= 4 is 76.8 Å². The Morgan fingerprint density at radius 1 is 0.605 bits per heavy atom. The molecule has 30 nitrogen and oxygen atoms in total. The summed E-state index contributed by atoms with van der Waals surface area (Å²) >= 11 is 0. The Morgan fingerprint density at radius 2 is 1.09 bits per heavy atom. The molecule has 0 bridgehead atoms. The highest BCUT2D eigenvalue weighted by atomic mass is 16.3. The Hall–Kier alpha value is -7.99. The normalized spacial score (nSPS) is 20.4. The lowest BCUT2D eigenvalue weighted by Gasteiger charge is -2.31. The van der Waals surface area contributed by atoms with Crippen molar-refractivity contribution in [2.45, 2.75) is 187 Å². The van der Waals surface area contributed by atoms with Crippen LogP contribution >= 0.6 is 0 Å². The van der Waals surface area contributed by atoms with Gasteiger partial charge in [-0.25, -0.2) is 0 Å². The first-order valence-electron chi connectivity index (χ1n) is 29.2. The van der Waals surface area contributed by atoms with Crippen LogP contribution in [0.15, 0.2) is 35.3 Å². The molecular formula is C56H94N16O14. The van der Waals surface area contributed by atoms with Gasteiger partial charge in [-0.2, -0.15) is 0 Å². The zero-order valence-electron chi connectivity index (χ0n) is 50.8. The smallest absolute Gasteiger partial charge is 0.245 e. The highest BCUT2D eigenvalue weighted by molar-refractivity contribution is 6.00. The van der Waals surface area contributed by atoms with Gasteiger partial charge in [-0.3, -0.25) is 62.5 Å². The lowest BCUT2D eigenvalue weighted by molar-refractivity contribution is -0.137. The van der Waals surface area contributed by atoms with Crippen LogP contribution in [0, 0.1) is 23.7 Å². The molecule has 30 heteroatoms. The first kappa shape index (κ1) is 74.1. The molecule has 1 aliphatic heterocycles. The van der Waals surface area contributed by atoms with Gasteiger partial charge in [0.1, 0.15) is 60.4 Å². The van der Waals surface area contributed by atoms with Gasteiger partial charge in [0, 0.05) is 19.5 Å². The summed E-state index contributed by atoms with van der Waals surface area (Å²) < 4.78 is 0. The minimum atomic E-state index is -1.79. The predicted molar refractivity (Wildman–Crippen MR) is 316 cm³/mol. The van der Waals surface area contributed by atoms with Gasteiger partial charge in [-0.05, 0) is 61.8 Å². The molecule has 482 valence electrons. The topological polar surface area (TPSA) is 494 Å². The van der Waals surface area contributed by atoms with Crippen molar-refractivity contribution in [2.75, 3.05) is 26.3 Å². The molecule has 1 saturated heterocycles. The van der Waals surface area contributed by atoms with Crippen molar-refractivity contribution in [1.29, 1.82) is 0 Å². The van der Waals surface area contributed by atoms with Gasteiger partial charge in [0.15, 0.2) is 5.96 Å². The minimum absolute atomic E-state index is 0.0468. The van der Waals surface area contributed by atoms with Gasteiger partial charge < -0.3 is 91.6 Å². The lowest BCUT2D eigenvalue weighted by atomic mass is 9.94. The van der Waals surface area contributed by atoms with E-state index in [4.69, 9.17) is 22.9 Å². The molecule has 1 aliphatic rings. The fourth-order valence-corrected chi connectivity index (χ4v) is 8.76. The van der Waals surface area contributed by atoms with Gasteiger partial charge in [0.2, 0.25) is 70.9 Å². The second-order valence-electron chi connectivity index (χ2n) is 21.9. The number of hydrogen-bond donors (Lipinski definition) is 17. The van der Waals surface area contributed by atoms with Crippen molar-refractivity contribution < 1.29 is 67.7 Å². The predicted octanol–water partition coefficient (Wildman–Crippen LogP) is -4.96. The SMILES string of the molecule is CC[C@H](C)[C@H](NC(=O)[C@H](N)Cc1ccccc1)C(=O)N[C@@H](CO)C(=O)N[C@H](CCC(N)=O)C(=O)N[C@@H](C(=O)N[C@H](C(=O)N[C@@H](CO)C(=O)N[C@@H]1CNC(=O)[C@H]([C@@H](C)CC)NC(=O)[C@H](CCCN=C(N)N)NC(=O)[C@H](C)NC1=O)[C@@H](C)CC)[C@@H](C)CC.